The van der Waals surface area contributed by atoms with E-state index < -0.39 is 5.91 Å². The van der Waals surface area contributed by atoms with Crippen LogP contribution < -0.4 is 11.3 Å². The number of hydrazine groups is 1. The smallest absolute Gasteiger partial charge is 0.288 e. The summed E-state index contributed by atoms with van der Waals surface area (Å²) in [4.78, 5) is 15.5. The van der Waals surface area contributed by atoms with Crippen molar-refractivity contribution in [1.29, 1.82) is 0 Å². The summed E-state index contributed by atoms with van der Waals surface area (Å²) in [6.45, 7) is 4.22. The van der Waals surface area contributed by atoms with Gasteiger partial charge in [0.2, 0.25) is 0 Å². The molecule has 0 aliphatic rings. The van der Waals surface area contributed by atoms with E-state index in [9.17, 15) is 4.79 Å². The summed E-state index contributed by atoms with van der Waals surface area (Å²) in [5.41, 5.74) is 4.46. The van der Waals surface area contributed by atoms with Crippen molar-refractivity contribution in [3.05, 3.63) is 32.5 Å². The number of aryl methyl sites for hydroxylation is 1. The molecule has 0 unspecified atom stereocenters. The molecule has 2 aromatic heterocycles. The van der Waals surface area contributed by atoms with Crippen molar-refractivity contribution in [2.24, 2.45) is 5.84 Å². The first kappa shape index (κ1) is 13.0. The highest BCUT2D eigenvalue weighted by Crippen LogP contribution is 2.20. The Morgan fingerprint density at radius 3 is 2.89 bits per heavy atom. The average Bonchev–Trinajstić information content (AvgIpc) is 2.91. The Labute approximate surface area is 113 Å². The summed E-state index contributed by atoms with van der Waals surface area (Å²) in [6, 6.07) is 0. The van der Waals surface area contributed by atoms with Crippen LogP contribution in [0, 0.1) is 13.8 Å². The maximum Gasteiger partial charge on any atom is 0.294 e. The van der Waals surface area contributed by atoms with Gasteiger partial charge in [-0.05, 0) is 13.8 Å². The first-order valence-electron chi connectivity index (χ1n) is 5.17. The second-order valence-corrected chi connectivity index (χ2v) is 5.00. The van der Waals surface area contributed by atoms with Gasteiger partial charge in [-0.2, -0.15) is 5.10 Å². The van der Waals surface area contributed by atoms with Crippen LogP contribution in [0.1, 0.15) is 26.9 Å². The molecule has 1 amide bonds. The zero-order valence-electron chi connectivity index (χ0n) is 9.90. The Morgan fingerprint density at radius 1 is 1.61 bits per heavy atom. The van der Waals surface area contributed by atoms with Crippen LogP contribution in [-0.4, -0.2) is 20.7 Å². The molecule has 0 spiro atoms. The van der Waals surface area contributed by atoms with Crippen molar-refractivity contribution in [1.82, 2.24) is 20.2 Å². The first-order chi connectivity index (χ1) is 8.52. The minimum absolute atomic E-state index is 0.333. The van der Waals surface area contributed by atoms with Gasteiger partial charge in [0.15, 0.2) is 5.01 Å². The Morgan fingerprint density at radius 2 is 2.33 bits per heavy atom. The lowest BCUT2D eigenvalue weighted by Crippen LogP contribution is -2.29. The highest BCUT2D eigenvalue weighted by molar-refractivity contribution is 7.11. The lowest BCUT2D eigenvalue weighted by atomic mass is 10.4. The molecule has 8 heteroatoms. The van der Waals surface area contributed by atoms with E-state index in [0.717, 1.165) is 17.1 Å². The summed E-state index contributed by atoms with van der Waals surface area (Å²) in [5, 5.41) is 7.09. The number of nitrogen functional groups attached to an aromatic ring is 1. The SMILES string of the molecule is Cc1nn(Cc2csc(C(=O)NN)n2)c(C)c1Cl. The van der Waals surface area contributed by atoms with Crippen molar-refractivity contribution in [3.8, 4) is 0 Å². The minimum Gasteiger partial charge on any atom is -0.288 e. The molecule has 0 aliphatic carbocycles. The second-order valence-electron chi connectivity index (χ2n) is 3.76. The minimum atomic E-state index is -0.391. The molecule has 3 N–H and O–H groups in total. The fourth-order valence-corrected chi connectivity index (χ4v) is 2.37. The van der Waals surface area contributed by atoms with E-state index in [-0.39, 0.29) is 0 Å². The molecule has 0 saturated heterocycles. The third-order valence-corrected chi connectivity index (χ3v) is 3.92. The fourth-order valence-electron chi connectivity index (χ4n) is 1.53. The number of nitrogens with two attached hydrogens (primary N) is 1. The number of hydrogen-bond acceptors (Lipinski definition) is 5. The Kier molecular flexibility index (Phi) is 3.65. The van der Waals surface area contributed by atoms with E-state index in [1.165, 1.54) is 11.3 Å². The fraction of sp³-hybridized carbons (Fsp3) is 0.300. The molecule has 0 atom stereocenters. The van der Waals surface area contributed by atoms with Crippen molar-refractivity contribution in [3.63, 3.8) is 0 Å². The van der Waals surface area contributed by atoms with E-state index in [1.807, 2.05) is 19.3 Å². The number of carbonyl (C=O) groups is 1. The van der Waals surface area contributed by atoms with Crippen LogP contribution in [0.15, 0.2) is 5.38 Å². The predicted octanol–water partition coefficient (Wildman–Crippen LogP) is 1.26. The Hall–Kier alpha value is -1.44. The zero-order chi connectivity index (χ0) is 13.3. The van der Waals surface area contributed by atoms with Gasteiger partial charge >= 0.3 is 0 Å². The number of rotatable bonds is 3. The average molecular weight is 286 g/mol. The van der Waals surface area contributed by atoms with Crippen LogP contribution in [0.25, 0.3) is 0 Å². The van der Waals surface area contributed by atoms with Crippen LogP contribution in [0.2, 0.25) is 5.02 Å². The molecule has 0 fully saturated rings. The van der Waals surface area contributed by atoms with Gasteiger partial charge in [-0.3, -0.25) is 14.9 Å². The lowest BCUT2D eigenvalue weighted by molar-refractivity contribution is 0.0953. The maximum absolute atomic E-state index is 11.3. The molecule has 0 aromatic carbocycles. The van der Waals surface area contributed by atoms with E-state index in [2.05, 4.69) is 10.1 Å². The molecule has 96 valence electrons. The number of halogens is 1. The van der Waals surface area contributed by atoms with Gasteiger partial charge in [-0.25, -0.2) is 10.8 Å². The number of nitrogens with one attached hydrogen (secondary N) is 1. The number of aromatic nitrogens is 3. The van der Waals surface area contributed by atoms with Gasteiger partial charge in [-0.15, -0.1) is 11.3 Å². The number of carbonyl (C=O) groups excluding carboxylic acids is 1. The number of nitrogens with zero attached hydrogens (tertiary/aromatic N) is 3. The zero-order valence-corrected chi connectivity index (χ0v) is 11.5. The summed E-state index contributed by atoms with van der Waals surface area (Å²) >= 11 is 7.30. The van der Waals surface area contributed by atoms with Crippen molar-refractivity contribution in [2.75, 3.05) is 0 Å². The standard InChI is InChI=1S/C10H12ClN5OS/c1-5-8(11)6(2)16(15-5)3-7-4-18-10(13-7)9(17)14-12/h4H,3,12H2,1-2H3,(H,14,17). The normalized spacial score (nSPS) is 10.7. The first-order valence-corrected chi connectivity index (χ1v) is 6.43. The molecule has 0 bridgehead atoms. The molecule has 0 saturated carbocycles. The number of hydrogen-bond donors (Lipinski definition) is 2. The molecule has 0 aliphatic heterocycles. The van der Waals surface area contributed by atoms with Crippen LogP contribution in [0.4, 0.5) is 0 Å². The molecular weight excluding hydrogens is 274 g/mol. The molecule has 2 heterocycles. The van der Waals surface area contributed by atoms with Crippen LogP contribution in [0.5, 0.6) is 0 Å². The quantitative estimate of drug-likeness (QED) is 0.505. The monoisotopic (exact) mass is 285 g/mol. The highest BCUT2D eigenvalue weighted by atomic mass is 35.5. The van der Waals surface area contributed by atoms with Gasteiger partial charge in [0.05, 0.1) is 28.6 Å². The Balaban J connectivity index is 2.21. The predicted molar refractivity (Wildman–Crippen MR) is 69.6 cm³/mol. The third kappa shape index (κ3) is 2.38. The molecule has 2 aromatic rings. The molecule has 6 nitrogen and oxygen atoms in total. The Bertz CT molecular complexity index is 591. The van der Waals surface area contributed by atoms with Gasteiger partial charge in [0.1, 0.15) is 0 Å². The van der Waals surface area contributed by atoms with E-state index in [0.29, 0.717) is 16.6 Å². The van der Waals surface area contributed by atoms with Gasteiger partial charge in [0, 0.05) is 5.38 Å². The third-order valence-electron chi connectivity index (χ3n) is 2.48. The van der Waals surface area contributed by atoms with Gasteiger partial charge < -0.3 is 0 Å². The van der Waals surface area contributed by atoms with Crippen LogP contribution in [0.3, 0.4) is 0 Å². The van der Waals surface area contributed by atoms with Gasteiger partial charge in [0.25, 0.3) is 5.91 Å². The number of amides is 1. The van der Waals surface area contributed by atoms with Crippen molar-refractivity contribution < 1.29 is 4.79 Å². The van der Waals surface area contributed by atoms with Crippen LogP contribution >= 0.6 is 22.9 Å². The van der Waals surface area contributed by atoms with E-state index >= 15 is 0 Å². The molecular formula is C10H12ClN5OS. The summed E-state index contributed by atoms with van der Waals surface area (Å²) < 4.78 is 1.76. The van der Waals surface area contributed by atoms with Crippen molar-refractivity contribution in [2.45, 2.75) is 20.4 Å². The summed E-state index contributed by atoms with van der Waals surface area (Å²) in [5.74, 6) is 4.65. The van der Waals surface area contributed by atoms with Crippen LogP contribution in [-0.2, 0) is 6.54 Å². The molecule has 2 rings (SSSR count). The topological polar surface area (TPSA) is 85.8 Å². The summed E-state index contributed by atoms with van der Waals surface area (Å²) in [7, 11) is 0. The lowest BCUT2D eigenvalue weighted by Gasteiger charge is -2.00. The van der Waals surface area contributed by atoms with E-state index in [1.54, 1.807) is 10.1 Å². The molecule has 0 radical (unpaired) electrons. The largest absolute Gasteiger partial charge is 0.294 e. The van der Waals surface area contributed by atoms with Crippen molar-refractivity contribution >= 4 is 28.8 Å². The molecule has 18 heavy (non-hydrogen) atoms. The summed E-state index contributed by atoms with van der Waals surface area (Å²) in [6.07, 6.45) is 0. The van der Waals surface area contributed by atoms with E-state index in [4.69, 9.17) is 17.4 Å². The number of thiazole rings is 1. The van der Waals surface area contributed by atoms with Gasteiger partial charge in [-0.1, -0.05) is 11.6 Å². The second kappa shape index (κ2) is 5.05. The maximum atomic E-state index is 11.3. The highest BCUT2D eigenvalue weighted by Gasteiger charge is 2.13.